The van der Waals surface area contributed by atoms with Crippen LogP contribution in [0.15, 0.2) is 0 Å². The first-order valence-corrected chi connectivity index (χ1v) is 6.21. The minimum Gasteiger partial charge on any atom is -0.481 e. The van der Waals surface area contributed by atoms with Crippen molar-refractivity contribution in [3.63, 3.8) is 0 Å². The van der Waals surface area contributed by atoms with Gasteiger partial charge in [0.15, 0.2) is 0 Å². The predicted octanol–water partition coefficient (Wildman–Crippen LogP) is 1.96. The van der Waals surface area contributed by atoms with E-state index in [1.165, 1.54) is 11.3 Å². The smallest absolute Gasteiger partial charge is 0.305 e. The Hall–Kier alpha value is -1.32. The fraction of sp³-hybridized carbons (Fsp3) is 0.692. The quantitative estimate of drug-likeness (QED) is 0.869. The molecule has 0 unspecified atom stereocenters. The zero-order chi connectivity index (χ0) is 12.4. The lowest BCUT2D eigenvalue weighted by Crippen LogP contribution is -2.10. The van der Waals surface area contributed by atoms with Crippen molar-refractivity contribution in [1.29, 1.82) is 0 Å². The summed E-state index contributed by atoms with van der Waals surface area (Å²) in [6.07, 6.45) is 1.24. The van der Waals surface area contributed by atoms with Gasteiger partial charge in [-0.3, -0.25) is 9.48 Å². The maximum atomic E-state index is 10.6. The Balaban J connectivity index is 1.89. The number of rotatable bonds is 3. The molecule has 0 saturated heterocycles. The van der Waals surface area contributed by atoms with Crippen LogP contribution in [0.3, 0.4) is 0 Å². The summed E-state index contributed by atoms with van der Waals surface area (Å²) in [5.41, 5.74) is 4.23. The van der Waals surface area contributed by atoms with Crippen LogP contribution < -0.4 is 0 Å². The molecule has 1 saturated carbocycles. The summed E-state index contributed by atoms with van der Waals surface area (Å²) in [7, 11) is 0. The van der Waals surface area contributed by atoms with Gasteiger partial charge in [-0.25, -0.2) is 0 Å². The van der Waals surface area contributed by atoms with E-state index in [-0.39, 0.29) is 6.42 Å². The summed E-state index contributed by atoms with van der Waals surface area (Å²) in [6, 6.07) is 0. The Morgan fingerprint density at radius 1 is 1.59 bits per heavy atom. The molecule has 1 aromatic heterocycles. The molecule has 2 aliphatic carbocycles. The minimum atomic E-state index is -0.754. The molecule has 0 bridgehead atoms. The molecule has 1 fully saturated rings. The van der Waals surface area contributed by atoms with E-state index in [1.54, 1.807) is 0 Å². The van der Waals surface area contributed by atoms with Crippen molar-refractivity contribution in [2.24, 2.45) is 11.3 Å². The Kier molecular flexibility index (Phi) is 1.98. The highest BCUT2D eigenvalue weighted by Crippen LogP contribution is 2.70. The molecule has 0 spiro atoms. The highest BCUT2D eigenvalue weighted by Gasteiger charge is 2.63. The summed E-state index contributed by atoms with van der Waals surface area (Å²) in [6.45, 7) is 7.19. The molecule has 2 aliphatic rings. The average molecular weight is 234 g/mol. The third-order valence-electron chi connectivity index (χ3n) is 4.60. The second-order valence-corrected chi connectivity index (χ2v) is 5.92. The van der Waals surface area contributed by atoms with Gasteiger partial charge in [0.2, 0.25) is 0 Å². The molecule has 17 heavy (non-hydrogen) atoms. The van der Waals surface area contributed by atoms with Crippen LogP contribution in [0.1, 0.15) is 43.1 Å². The molecule has 2 atom stereocenters. The molecule has 4 heteroatoms. The summed E-state index contributed by atoms with van der Waals surface area (Å²) >= 11 is 0. The number of aryl methyl sites for hydroxylation is 2. The van der Waals surface area contributed by atoms with Crippen molar-refractivity contribution < 1.29 is 9.90 Å². The van der Waals surface area contributed by atoms with Gasteiger partial charge < -0.3 is 5.11 Å². The van der Waals surface area contributed by atoms with E-state index in [9.17, 15) is 4.79 Å². The summed E-state index contributed by atoms with van der Waals surface area (Å²) in [4.78, 5) is 10.6. The molecule has 3 rings (SSSR count). The second kappa shape index (κ2) is 3.12. The zero-order valence-corrected chi connectivity index (χ0v) is 10.5. The fourth-order valence-electron chi connectivity index (χ4n) is 3.56. The van der Waals surface area contributed by atoms with Gasteiger partial charge in [-0.1, -0.05) is 13.8 Å². The van der Waals surface area contributed by atoms with Crippen molar-refractivity contribution in [2.75, 3.05) is 0 Å². The van der Waals surface area contributed by atoms with Gasteiger partial charge in [0.05, 0.1) is 18.7 Å². The minimum absolute atomic E-state index is 0.159. The number of fused-ring (bicyclic) bond motifs is 3. The second-order valence-electron chi connectivity index (χ2n) is 5.92. The van der Waals surface area contributed by atoms with E-state index >= 15 is 0 Å². The first-order chi connectivity index (χ1) is 7.93. The molecule has 4 nitrogen and oxygen atoms in total. The maximum Gasteiger partial charge on any atom is 0.305 e. The topological polar surface area (TPSA) is 55.1 Å². The van der Waals surface area contributed by atoms with Crippen molar-refractivity contribution in [3.05, 3.63) is 17.0 Å². The Morgan fingerprint density at radius 2 is 2.29 bits per heavy atom. The average Bonchev–Trinajstić information content (AvgIpc) is 2.63. The zero-order valence-electron chi connectivity index (χ0n) is 10.5. The van der Waals surface area contributed by atoms with Crippen molar-refractivity contribution in [3.8, 4) is 0 Å². The van der Waals surface area contributed by atoms with Crippen LogP contribution in [0.25, 0.3) is 0 Å². The lowest BCUT2D eigenvalue weighted by molar-refractivity contribution is -0.137. The predicted molar refractivity (Wildman–Crippen MR) is 62.9 cm³/mol. The van der Waals surface area contributed by atoms with Gasteiger partial charge in [-0.15, -0.1) is 0 Å². The van der Waals surface area contributed by atoms with Gasteiger partial charge in [-0.05, 0) is 30.6 Å². The number of aliphatic carboxylic acids is 1. The van der Waals surface area contributed by atoms with Gasteiger partial charge in [0.25, 0.3) is 0 Å². The van der Waals surface area contributed by atoms with Crippen LogP contribution in [0.5, 0.6) is 0 Å². The van der Waals surface area contributed by atoms with Gasteiger partial charge in [0.1, 0.15) is 0 Å². The lowest BCUT2D eigenvalue weighted by atomic mass is 9.98. The van der Waals surface area contributed by atoms with Crippen LogP contribution in [0.4, 0.5) is 0 Å². The van der Waals surface area contributed by atoms with E-state index in [1.807, 2.05) is 11.6 Å². The van der Waals surface area contributed by atoms with Gasteiger partial charge in [0, 0.05) is 11.3 Å². The molecule has 0 amide bonds. The highest BCUT2D eigenvalue weighted by molar-refractivity contribution is 5.66. The largest absolute Gasteiger partial charge is 0.481 e. The highest BCUT2D eigenvalue weighted by atomic mass is 16.4. The fourth-order valence-corrected chi connectivity index (χ4v) is 3.56. The number of aromatic nitrogens is 2. The third kappa shape index (κ3) is 1.36. The van der Waals surface area contributed by atoms with Gasteiger partial charge in [-0.2, -0.15) is 5.10 Å². The van der Waals surface area contributed by atoms with Crippen LogP contribution >= 0.6 is 0 Å². The molecule has 92 valence electrons. The molecule has 1 heterocycles. The monoisotopic (exact) mass is 234 g/mol. The SMILES string of the molecule is Cc1nn(CCC(=O)O)c2c1[C@@H]1[C@H](C2)C1(C)C. The standard InChI is InChI=1S/C13H18N2O2/c1-7-11-9(6-8-12(11)13(8,2)3)15(14-7)5-4-10(16)17/h8,12H,4-6H2,1-3H3,(H,16,17)/t8-,12-/m0/s1. The number of hydrogen-bond acceptors (Lipinski definition) is 2. The molecule has 0 aliphatic heterocycles. The van der Waals surface area contributed by atoms with Crippen LogP contribution in [-0.4, -0.2) is 20.9 Å². The van der Waals surface area contributed by atoms with E-state index in [0.717, 1.165) is 18.0 Å². The normalized spacial score (nSPS) is 27.7. The maximum absolute atomic E-state index is 10.6. The number of hydrogen-bond donors (Lipinski definition) is 1. The summed E-state index contributed by atoms with van der Waals surface area (Å²) in [5.74, 6) is 0.664. The first kappa shape index (κ1) is 10.8. The Bertz CT molecular complexity index is 502. The van der Waals surface area contributed by atoms with Crippen molar-refractivity contribution in [2.45, 2.75) is 46.1 Å². The lowest BCUT2D eigenvalue weighted by Gasteiger charge is -2.10. The van der Waals surface area contributed by atoms with E-state index in [0.29, 0.717) is 17.9 Å². The number of nitrogens with zero attached hydrogens (tertiary/aromatic N) is 2. The molecule has 1 aromatic rings. The summed E-state index contributed by atoms with van der Waals surface area (Å²) < 4.78 is 1.92. The van der Waals surface area contributed by atoms with E-state index in [2.05, 4.69) is 18.9 Å². The number of carboxylic acid groups (broad SMARTS) is 1. The van der Waals surface area contributed by atoms with Crippen LogP contribution in [-0.2, 0) is 17.8 Å². The molecule has 0 aromatic carbocycles. The molecular formula is C13H18N2O2. The summed E-state index contributed by atoms with van der Waals surface area (Å²) in [5, 5.41) is 13.2. The molecular weight excluding hydrogens is 216 g/mol. The third-order valence-corrected chi connectivity index (χ3v) is 4.60. The number of carboxylic acids is 1. The van der Waals surface area contributed by atoms with Gasteiger partial charge >= 0.3 is 5.97 Å². The van der Waals surface area contributed by atoms with E-state index in [4.69, 9.17) is 5.11 Å². The molecule has 0 radical (unpaired) electrons. The van der Waals surface area contributed by atoms with Crippen LogP contribution in [0.2, 0.25) is 0 Å². The first-order valence-electron chi connectivity index (χ1n) is 6.21. The molecule has 1 N–H and O–H groups in total. The Labute approximate surface area is 101 Å². The number of carbonyl (C=O) groups is 1. The van der Waals surface area contributed by atoms with Crippen LogP contribution in [0, 0.1) is 18.3 Å². The van der Waals surface area contributed by atoms with Crippen molar-refractivity contribution >= 4 is 5.97 Å². The van der Waals surface area contributed by atoms with E-state index < -0.39 is 5.97 Å². The van der Waals surface area contributed by atoms with Crippen molar-refractivity contribution in [1.82, 2.24) is 9.78 Å². The Morgan fingerprint density at radius 3 is 2.94 bits per heavy atom.